The maximum atomic E-state index is 11.0. The predicted octanol–water partition coefficient (Wildman–Crippen LogP) is -3.85. The molecular formula is C19H37N5O7. The first-order chi connectivity index (χ1) is 14.6. The van der Waals surface area contributed by atoms with Crippen molar-refractivity contribution in [2.45, 2.75) is 86.5 Å². The number of rotatable bonds is 6. The fourth-order valence-corrected chi connectivity index (χ4v) is 4.44. The average molecular weight is 448 g/mol. The molecule has 0 spiro atoms. The second-order valence-corrected chi connectivity index (χ2v) is 8.81. The molecule has 1 saturated heterocycles. The molecule has 0 amide bonds. The molecule has 0 aromatic rings. The molecule has 0 unspecified atom stereocenters. The molecule has 1 saturated carbocycles. The highest BCUT2D eigenvalue weighted by Gasteiger charge is 2.50. The van der Waals surface area contributed by atoms with Crippen molar-refractivity contribution < 1.29 is 34.3 Å². The van der Waals surface area contributed by atoms with E-state index in [0.29, 0.717) is 18.6 Å². The number of nitrogens with two attached hydrogens (primary N) is 4. The number of hydrogen-bond acceptors (Lipinski definition) is 12. The quantitative estimate of drug-likeness (QED) is 0.196. The standard InChI is InChI=1S/C19H37N5O7/c1-19(27)7-28-18(13(26)16(19)24-2)31-15-11(23)5-10(22)14(12(15)25)30-17-9(21)4-3-8(6-20)29-17/h3,9-18,24-27H,4-7,20-23H2,1-2H3/t9-,10-,11-,12+,13-,14-,15-,16+,17+,18-,19+/m1/s1. The summed E-state index contributed by atoms with van der Waals surface area (Å²) in [6.07, 6.45) is -3.56. The molecule has 3 aliphatic rings. The van der Waals surface area contributed by atoms with Crippen LogP contribution < -0.4 is 28.3 Å². The molecular weight excluding hydrogens is 410 g/mol. The van der Waals surface area contributed by atoms with Gasteiger partial charge in [0.25, 0.3) is 0 Å². The number of hydrogen-bond donors (Lipinski definition) is 8. The SMILES string of the molecule is CN[C@H]1[C@@H](O)[C@@H](O[C@H]2[C@@H](O)[C@H](O[C@@H]3OC(CN)=CC[C@H]3N)[C@H](N)C[C@H]2N)OC[C@]1(C)O. The van der Waals surface area contributed by atoms with Gasteiger partial charge in [-0.25, -0.2) is 0 Å². The van der Waals surface area contributed by atoms with Crippen LogP contribution in [0.5, 0.6) is 0 Å². The van der Waals surface area contributed by atoms with Crippen LogP contribution >= 0.6 is 0 Å². The summed E-state index contributed by atoms with van der Waals surface area (Å²) >= 11 is 0. The van der Waals surface area contributed by atoms with E-state index in [2.05, 4.69) is 5.32 Å². The minimum absolute atomic E-state index is 0.0727. The zero-order valence-corrected chi connectivity index (χ0v) is 18.0. The molecule has 11 atom stereocenters. The minimum atomic E-state index is -1.29. The number of nitrogens with one attached hydrogen (secondary N) is 1. The first-order valence-corrected chi connectivity index (χ1v) is 10.6. The van der Waals surface area contributed by atoms with Gasteiger partial charge in [-0.15, -0.1) is 0 Å². The lowest BCUT2D eigenvalue weighted by Crippen LogP contribution is -2.68. The van der Waals surface area contributed by atoms with E-state index in [9.17, 15) is 15.3 Å². The van der Waals surface area contributed by atoms with E-state index in [1.165, 1.54) is 0 Å². The molecule has 0 aromatic carbocycles. The first-order valence-electron chi connectivity index (χ1n) is 10.6. The summed E-state index contributed by atoms with van der Waals surface area (Å²) in [6.45, 7) is 1.68. The van der Waals surface area contributed by atoms with E-state index in [4.69, 9.17) is 41.9 Å². The smallest absolute Gasteiger partial charge is 0.215 e. The lowest BCUT2D eigenvalue weighted by atomic mass is 9.84. The van der Waals surface area contributed by atoms with Crippen molar-refractivity contribution >= 4 is 0 Å². The molecule has 12 N–H and O–H groups in total. The van der Waals surface area contributed by atoms with Crippen molar-refractivity contribution in [2.24, 2.45) is 22.9 Å². The molecule has 0 aromatic heterocycles. The van der Waals surface area contributed by atoms with Crippen molar-refractivity contribution in [1.29, 1.82) is 0 Å². The van der Waals surface area contributed by atoms with Gasteiger partial charge in [0.2, 0.25) is 6.29 Å². The second kappa shape index (κ2) is 9.93. The monoisotopic (exact) mass is 447 g/mol. The van der Waals surface area contributed by atoms with Crippen LogP contribution in [0.3, 0.4) is 0 Å². The Labute approximate surface area is 181 Å². The van der Waals surface area contributed by atoms with Gasteiger partial charge < -0.3 is 62.5 Å². The molecule has 1 aliphatic carbocycles. The topological polar surface area (TPSA) is 214 Å². The number of ether oxygens (including phenoxy) is 4. The van der Waals surface area contributed by atoms with E-state index in [1.54, 1.807) is 20.0 Å². The zero-order valence-electron chi connectivity index (χ0n) is 18.0. The van der Waals surface area contributed by atoms with E-state index in [1.807, 2.05) is 0 Å². The van der Waals surface area contributed by atoms with Crippen molar-refractivity contribution in [2.75, 3.05) is 20.2 Å². The Balaban J connectivity index is 1.69. The van der Waals surface area contributed by atoms with Crippen LogP contribution in [0.15, 0.2) is 11.8 Å². The van der Waals surface area contributed by atoms with Gasteiger partial charge in [-0.05, 0) is 32.9 Å². The summed E-state index contributed by atoms with van der Waals surface area (Å²) < 4.78 is 23.1. The molecule has 0 bridgehead atoms. The normalized spacial score (nSPS) is 48.7. The molecule has 2 fully saturated rings. The Kier molecular flexibility index (Phi) is 7.92. The van der Waals surface area contributed by atoms with Gasteiger partial charge in [0.15, 0.2) is 6.29 Å². The fraction of sp³-hybridized carbons (Fsp3) is 0.895. The van der Waals surface area contributed by atoms with Gasteiger partial charge in [0.1, 0.15) is 35.8 Å². The third kappa shape index (κ3) is 5.20. The van der Waals surface area contributed by atoms with E-state index in [-0.39, 0.29) is 13.2 Å². The van der Waals surface area contributed by atoms with Crippen LogP contribution in [0.2, 0.25) is 0 Å². The molecule has 0 radical (unpaired) electrons. The molecule has 12 nitrogen and oxygen atoms in total. The van der Waals surface area contributed by atoms with Crippen molar-refractivity contribution in [3.63, 3.8) is 0 Å². The third-order valence-electron chi connectivity index (χ3n) is 6.22. The lowest BCUT2D eigenvalue weighted by molar-refractivity contribution is -0.303. The van der Waals surface area contributed by atoms with Crippen LogP contribution in [0.4, 0.5) is 0 Å². The minimum Gasteiger partial charge on any atom is -0.467 e. The van der Waals surface area contributed by atoms with Crippen molar-refractivity contribution in [1.82, 2.24) is 5.32 Å². The highest BCUT2D eigenvalue weighted by molar-refractivity contribution is 5.04. The Morgan fingerprint density at radius 1 is 1.10 bits per heavy atom. The Morgan fingerprint density at radius 2 is 1.71 bits per heavy atom. The van der Waals surface area contributed by atoms with Gasteiger partial charge >= 0.3 is 0 Å². The van der Waals surface area contributed by atoms with Crippen molar-refractivity contribution in [3.05, 3.63) is 11.8 Å². The first kappa shape index (κ1) is 24.7. The fourth-order valence-electron chi connectivity index (χ4n) is 4.44. The van der Waals surface area contributed by atoms with Gasteiger partial charge in [-0.1, -0.05) is 0 Å². The number of aliphatic hydroxyl groups is 3. The molecule has 3 rings (SSSR count). The summed E-state index contributed by atoms with van der Waals surface area (Å²) in [5.41, 5.74) is 22.9. The summed E-state index contributed by atoms with van der Waals surface area (Å²) in [4.78, 5) is 0. The predicted molar refractivity (Wildman–Crippen MR) is 110 cm³/mol. The van der Waals surface area contributed by atoms with Crippen LogP contribution in [-0.2, 0) is 18.9 Å². The summed E-state index contributed by atoms with van der Waals surface area (Å²) in [7, 11) is 1.62. The second-order valence-electron chi connectivity index (χ2n) is 8.81. The molecule has 2 aliphatic heterocycles. The van der Waals surface area contributed by atoms with Crippen LogP contribution in [0.25, 0.3) is 0 Å². The number of aliphatic hydroxyl groups excluding tert-OH is 2. The molecule has 12 heteroatoms. The largest absolute Gasteiger partial charge is 0.467 e. The highest BCUT2D eigenvalue weighted by Crippen LogP contribution is 2.31. The zero-order chi connectivity index (χ0) is 22.9. The van der Waals surface area contributed by atoms with Gasteiger partial charge in [-0.3, -0.25) is 0 Å². The Hall–Kier alpha value is -0.900. The van der Waals surface area contributed by atoms with Crippen LogP contribution in [-0.4, -0.2) is 102 Å². The number of likely N-dealkylation sites (N-methyl/N-ethyl adjacent to an activating group) is 1. The van der Waals surface area contributed by atoms with Gasteiger partial charge in [0.05, 0.1) is 25.2 Å². The van der Waals surface area contributed by atoms with E-state index < -0.39 is 66.8 Å². The Bertz CT molecular complexity index is 639. The van der Waals surface area contributed by atoms with Crippen LogP contribution in [0, 0.1) is 0 Å². The molecule has 2 heterocycles. The summed E-state index contributed by atoms with van der Waals surface area (Å²) in [5.74, 6) is 0.555. The Morgan fingerprint density at radius 3 is 2.29 bits per heavy atom. The third-order valence-corrected chi connectivity index (χ3v) is 6.22. The average Bonchev–Trinajstić information content (AvgIpc) is 2.71. The van der Waals surface area contributed by atoms with Gasteiger partial charge in [0, 0.05) is 12.1 Å². The summed E-state index contributed by atoms with van der Waals surface area (Å²) in [6, 6.07) is -2.37. The van der Waals surface area contributed by atoms with Crippen LogP contribution in [0.1, 0.15) is 19.8 Å². The molecule has 180 valence electrons. The van der Waals surface area contributed by atoms with E-state index >= 15 is 0 Å². The summed E-state index contributed by atoms with van der Waals surface area (Å²) in [5, 5.41) is 34.9. The van der Waals surface area contributed by atoms with Crippen molar-refractivity contribution in [3.8, 4) is 0 Å². The molecule has 31 heavy (non-hydrogen) atoms. The highest BCUT2D eigenvalue weighted by atomic mass is 16.7. The van der Waals surface area contributed by atoms with E-state index in [0.717, 1.165) is 0 Å². The lowest BCUT2D eigenvalue weighted by Gasteiger charge is -2.48. The van der Waals surface area contributed by atoms with Gasteiger partial charge in [-0.2, -0.15) is 0 Å². The maximum Gasteiger partial charge on any atom is 0.215 e. The maximum absolute atomic E-state index is 11.0.